The number of carbonyl (C=O) groups is 1. The first kappa shape index (κ1) is 21.1. The highest BCUT2D eigenvalue weighted by molar-refractivity contribution is 5.70. The van der Waals surface area contributed by atoms with Crippen molar-refractivity contribution in [2.75, 3.05) is 20.2 Å². The van der Waals surface area contributed by atoms with E-state index in [1.807, 2.05) is 12.1 Å². The van der Waals surface area contributed by atoms with Crippen LogP contribution in [0.15, 0.2) is 78.9 Å². The van der Waals surface area contributed by atoms with Crippen molar-refractivity contribution in [2.24, 2.45) is 0 Å². The van der Waals surface area contributed by atoms with Crippen LogP contribution in [0, 0.1) is 0 Å². The average Bonchev–Trinajstić information content (AvgIpc) is 3.17. The fourth-order valence-corrected chi connectivity index (χ4v) is 4.57. The zero-order valence-electron chi connectivity index (χ0n) is 18.1. The zero-order chi connectivity index (χ0) is 21.6. The molecular weight excluding hydrogens is 388 g/mol. The maximum Gasteiger partial charge on any atom is 0.308 e. The molecular formula is C26H30N2O3+2. The number of nitrogens with one attached hydrogen (secondary N) is 2. The molecule has 1 aliphatic rings. The van der Waals surface area contributed by atoms with Crippen LogP contribution >= 0.6 is 0 Å². The molecule has 31 heavy (non-hydrogen) atoms. The highest BCUT2D eigenvalue weighted by atomic mass is 16.6. The minimum Gasteiger partial charge on any atom is -0.493 e. The van der Waals surface area contributed by atoms with E-state index in [-0.39, 0.29) is 12.1 Å². The summed E-state index contributed by atoms with van der Waals surface area (Å²) in [6.07, 6.45) is 0.265. The molecule has 1 heterocycles. The van der Waals surface area contributed by atoms with Gasteiger partial charge in [0.05, 0.1) is 12.7 Å². The van der Waals surface area contributed by atoms with Crippen LogP contribution < -0.4 is 19.3 Å². The predicted octanol–water partition coefficient (Wildman–Crippen LogP) is 1.80. The van der Waals surface area contributed by atoms with Crippen molar-refractivity contribution in [2.45, 2.75) is 26.2 Å². The summed E-state index contributed by atoms with van der Waals surface area (Å²) in [4.78, 5) is 14.5. The summed E-state index contributed by atoms with van der Waals surface area (Å²) in [7, 11) is 1.62. The van der Waals surface area contributed by atoms with E-state index in [2.05, 4.69) is 66.7 Å². The number of hydrogen-bond acceptors (Lipinski definition) is 3. The summed E-state index contributed by atoms with van der Waals surface area (Å²) in [6.45, 7) is 5.53. The van der Waals surface area contributed by atoms with Crippen LogP contribution in [0.4, 0.5) is 0 Å². The summed E-state index contributed by atoms with van der Waals surface area (Å²) >= 11 is 0. The first-order valence-electron chi connectivity index (χ1n) is 10.8. The Bertz CT molecular complexity index is 958. The second-order valence-electron chi connectivity index (χ2n) is 8.08. The van der Waals surface area contributed by atoms with Gasteiger partial charge in [-0.2, -0.15) is 0 Å². The monoisotopic (exact) mass is 418 g/mol. The number of methoxy groups -OCH3 is 1. The number of quaternary nitrogens is 2. The van der Waals surface area contributed by atoms with E-state index < -0.39 is 0 Å². The third-order valence-corrected chi connectivity index (χ3v) is 5.91. The van der Waals surface area contributed by atoms with Gasteiger partial charge in [0, 0.05) is 18.1 Å². The molecule has 5 heteroatoms. The lowest BCUT2D eigenvalue weighted by molar-refractivity contribution is -1.09. The summed E-state index contributed by atoms with van der Waals surface area (Å²) in [5.41, 5.74) is 3.88. The first-order chi connectivity index (χ1) is 15.1. The molecule has 0 spiro atoms. The number of esters is 1. The maximum atomic E-state index is 11.4. The summed E-state index contributed by atoms with van der Waals surface area (Å²) in [5, 5.41) is 0. The quantitative estimate of drug-likeness (QED) is 0.454. The molecule has 2 N–H and O–H groups in total. The number of carbonyl (C=O) groups excluding carboxylic acids is 1. The van der Waals surface area contributed by atoms with Crippen molar-refractivity contribution in [3.8, 4) is 11.5 Å². The van der Waals surface area contributed by atoms with Gasteiger partial charge in [0.2, 0.25) is 6.17 Å². The van der Waals surface area contributed by atoms with Gasteiger partial charge in [0.1, 0.15) is 26.2 Å². The van der Waals surface area contributed by atoms with Crippen LogP contribution in [0.5, 0.6) is 11.5 Å². The minimum atomic E-state index is -0.348. The third-order valence-electron chi connectivity index (χ3n) is 5.91. The Labute approximate surface area is 183 Å². The number of rotatable bonds is 7. The molecule has 1 fully saturated rings. The lowest BCUT2D eigenvalue weighted by atomic mass is 10.1. The zero-order valence-corrected chi connectivity index (χ0v) is 18.1. The van der Waals surface area contributed by atoms with Crippen molar-refractivity contribution in [3.05, 3.63) is 95.6 Å². The molecule has 2 unspecified atom stereocenters. The number of hydrogen-bond donors (Lipinski definition) is 2. The third kappa shape index (κ3) is 5.13. The van der Waals surface area contributed by atoms with Crippen LogP contribution in [-0.2, 0) is 17.9 Å². The molecule has 4 rings (SSSR count). The van der Waals surface area contributed by atoms with E-state index in [0.717, 1.165) is 26.2 Å². The summed E-state index contributed by atoms with van der Waals surface area (Å²) in [5.74, 6) is 0.711. The van der Waals surface area contributed by atoms with Gasteiger partial charge in [-0.15, -0.1) is 0 Å². The number of ether oxygens (including phenoxy) is 2. The Morgan fingerprint density at radius 1 is 0.839 bits per heavy atom. The van der Waals surface area contributed by atoms with Gasteiger partial charge < -0.3 is 9.47 Å². The molecule has 0 bridgehead atoms. The lowest BCUT2D eigenvalue weighted by Crippen LogP contribution is -3.22. The van der Waals surface area contributed by atoms with Crippen molar-refractivity contribution in [3.63, 3.8) is 0 Å². The van der Waals surface area contributed by atoms with Crippen LogP contribution in [0.25, 0.3) is 0 Å². The molecule has 1 aliphatic heterocycles. The van der Waals surface area contributed by atoms with Crippen LogP contribution in [-0.4, -0.2) is 26.2 Å². The first-order valence-corrected chi connectivity index (χ1v) is 10.8. The van der Waals surface area contributed by atoms with Crippen molar-refractivity contribution < 1.29 is 24.1 Å². The smallest absolute Gasteiger partial charge is 0.308 e. The fourth-order valence-electron chi connectivity index (χ4n) is 4.57. The van der Waals surface area contributed by atoms with E-state index in [1.54, 1.807) is 7.11 Å². The highest BCUT2D eigenvalue weighted by Crippen LogP contribution is 2.29. The molecule has 160 valence electrons. The van der Waals surface area contributed by atoms with Crippen molar-refractivity contribution in [1.29, 1.82) is 0 Å². The van der Waals surface area contributed by atoms with E-state index in [4.69, 9.17) is 9.47 Å². The normalized spacial score (nSPS) is 20.4. The summed E-state index contributed by atoms with van der Waals surface area (Å²) < 4.78 is 10.9. The predicted molar refractivity (Wildman–Crippen MR) is 119 cm³/mol. The van der Waals surface area contributed by atoms with Gasteiger partial charge in [0.25, 0.3) is 0 Å². The Hall–Kier alpha value is -3.15. The largest absolute Gasteiger partial charge is 0.493 e. The Morgan fingerprint density at radius 3 is 1.87 bits per heavy atom. The Balaban J connectivity index is 1.65. The fraction of sp³-hybridized carbons (Fsp3) is 0.269. The summed E-state index contributed by atoms with van der Waals surface area (Å²) in [6, 6.07) is 27.3. The topological polar surface area (TPSA) is 44.4 Å². The Kier molecular flexibility index (Phi) is 6.65. The molecule has 0 saturated carbocycles. The highest BCUT2D eigenvalue weighted by Gasteiger charge is 2.41. The SMILES string of the molecule is COc1cc(C2[NH+](Cc3ccccc3)CC[NH+]2Cc2ccccc2)ccc1OC(C)=O. The van der Waals surface area contributed by atoms with Gasteiger partial charge in [-0.05, 0) is 18.2 Å². The van der Waals surface area contributed by atoms with Gasteiger partial charge in [-0.25, -0.2) is 0 Å². The van der Waals surface area contributed by atoms with Crippen molar-refractivity contribution in [1.82, 2.24) is 0 Å². The van der Waals surface area contributed by atoms with E-state index in [1.165, 1.54) is 33.4 Å². The lowest BCUT2D eigenvalue weighted by Gasteiger charge is -2.25. The Morgan fingerprint density at radius 2 is 1.39 bits per heavy atom. The van der Waals surface area contributed by atoms with Crippen LogP contribution in [0.2, 0.25) is 0 Å². The molecule has 3 aromatic carbocycles. The molecule has 0 amide bonds. The van der Waals surface area contributed by atoms with Crippen molar-refractivity contribution >= 4 is 5.97 Å². The van der Waals surface area contributed by atoms with Gasteiger partial charge in [-0.1, -0.05) is 60.7 Å². The second kappa shape index (κ2) is 9.77. The van der Waals surface area contributed by atoms with E-state index in [0.29, 0.717) is 11.5 Å². The molecule has 2 atom stereocenters. The van der Waals surface area contributed by atoms with Gasteiger partial charge >= 0.3 is 5.97 Å². The van der Waals surface area contributed by atoms with Crippen LogP contribution in [0.1, 0.15) is 29.8 Å². The van der Waals surface area contributed by atoms with E-state index >= 15 is 0 Å². The second-order valence-corrected chi connectivity index (χ2v) is 8.08. The maximum absolute atomic E-state index is 11.4. The van der Waals surface area contributed by atoms with Gasteiger partial charge in [-0.3, -0.25) is 14.6 Å². The molecule has 1 saturated heterocycles. The molecule has 0 aliphatic carbocycles. The standard InChI is InChI=1S/C26H28N2O3/c1-20(29)31-24-14-13-23(17-25(24)30-2)26-27(18-21-9-5-3-6-10-21)15-16-28(26)19-22-11-7-4-8-12-22/h3-14,17,26H,15-16,18-19H2,1-2H3/p+2. The molecule has 0 radical (unpaired) electrons. The molecule has 0 aromatic heterocycles. The number of benzene rings is 3. The molecule has 3 aromatic rings. The van der Waals surface area contributed by atoms with E-state index in [9.17, 15) is 4.79 Å². The molecule has 5 nitrogen and oxygen atoms in total. The average molecular weight is 419 g/mol. The minimum absolute atomic E-state index is 0.265. The van der Waals surface area contributed by atoms with Crippen LogP contribution in [0.3, 0.4) is 0 Å². The van der Waals surface area contributed by atoms with Gasteiger partial charge in [0.15, 0.2) is 11.5 Å².